The number of aryl methyl sites for hydroxylation is 1. The van der Waals surface area contributed by atoms with Crippen LogP contribution in [0.5, 0.6) is 0 Å². The highest BCUT2D eigenvalue weighted by atomic mass is 32.2. The molecule has 3 heteroatoms. The van der Waals surface area contributed by atoms with Crippen molar-refractivity contribution in [3.63, 3.8) is 0 Å². The number of epoxide rings is 1. The van der Waals surface area contributed by atoms with Crippen LogP contribution in [0.1, 0.15) is 38.4 Å². The topological polar surface area (TPSA) is 29.6 Å². The van der Waals surface area contributed by atoms with E-state index < -0.39 is 5.60 Å². The molecular weight excluding hydrogens is 340 g/mol. The van der Waals surface area contributed by atoms with Crippen LogP contribution in [0.3, 0.4) is 0 Å². The molecule has 0 unspecified atom stereocenters. The Morgan fingerprint density at radius 1 is 0.846 bits per heavy atom. The Hall–Kier alpha value is -2.36. The number of hydrogen-bond donors (Lipinski definition) is 0. The fourth-order valence-corrected chi connectivity index (χ4v) is 5.29. The Bertz CT molecular complexity index is 981. The van der Waals surface area contributed by atoms with Gasteiger partial charge in [-0.1, -0.05) is 78.4 Å². The molecule has 1 saturated heterocycles. The van der Waals surface area contributed by atoms with Crippen molar-refractivity contribution in [3.05, 3.63) is 101 Å². The Morgan fingerprint density at radius 3 is 2.31 bits per heavy atom. The van der Waals surface area contributed by atoms with Gasteiger partial charge in [-0.2, -0.15) is 0 Å². The van der Waals surface area contributed by atoms with E-state index in [9.17, 15) is 4.79 Å². The van der Waals surface area contributed by atoms with Crippen LogP contribution >= 0.6 is 11.8 Å². The molecule has 3 aromatic carbocycles. The van der Waals surface area contributed by atoms with E-state index in [0.29, 0.717) is 0 Å². The third kappa shape index (κ3) is 2.28. The molecule has 3 atom stereocenters. The summed E-state index contributed by atoms with van der Waals surface area (Å²) in [6.07, 6.45) is -0.193. The molecule has 0 N–H and O–H groups in total. The molecule has 0 amide bonds. The predicted octanol–water partition coefficient (Wildman–Crippen LogP) is 5.54. The van der Waals surface area contributed by atoms with E-state index >= 15 is 0 Å². The molecule has 1 spiro atoms. The summed E-state index contributed by atoms with van der Waals surface area (Å²) in [7, 11) is 0. The summed E-state index contributed by atoms with van der Waals surface area (Å²) in [6.45, 7) is 2.07. The summed E-state index contributed by atoms with van der Waals surface area (Å²) in [5.41, 5.74) is 3.38. The second-order valence-electron chi connectivity index (χ2n) is 6.94. The standard InChI is InChI=1S/C23H18O2S/c1-15-11-13-16(14-12-15)21-23(25-21)20(24)18-9-5-6-10-19(18)26-22(23)17-7-3-2-4-8-17/h2-14,21-22H,1H3/t21-,22+,23-/m0/s1. The molecule has 0 aliphatic carbocycles. The highest BCUT2D eigenvalue weighted by Crippen LogP contribution is 2.66. The maximum atomic E-state index is 13.5. The van der Waals surface area contributed by atoms with Crippen molar-refractivity contribution in [2.24, 2.45) is 0 Å². The molecule has 0 saturated carbocycles. The van der Waals surface area contributed by atoms with Gasteiger partial charge in [-0.15, -0.1) is 11.8 Å². The molecular formula is C23H18O2S. The summed E-state index contributed by atoms with van der Waals surface area (Å²) >= 11 is 1.74. The second-order valence-corrected chi connectivity index (χ2v) is 8.08. The van der Waals surface area contributed by atoms with E-state index in [1.165, 1.54) is 5.56 Å². The van der Waals surface area contributed by atoms with Crippen molar-refractivity contribution in [1.82, 2.24) is 0 Å². The van der Waals surface area contributed by atoms with Gasteiger partial charge in [0.15, 0.2) is 11.4 Å². The lowest BCUT2D eigenvalue weighted by Gasteiger charge is -2.30. The largest absolute Gasteiger partial charge is 0.351 e. The number of carbonyl (C=O) groups excluding carboxylic acids is 1. The molecule has 5 rings (SSSR count). The zero-order valence-electron chi connectivity index (χ0n) is 14.4. The number of benzene rings is 3. The molecule has 0 aromatic heterocycles. The number of carbonyl (C=O) groups is 1. The zero-order chi connectivity index (χ0) is 17.7. The Morgan fingerprint density at radius 2 is 1.54 bits per heavy atom. The predicted molar refractivity (Wildman–Crippen MR) is 104 cm³/mol. The number of hydrogen-bond acceptors (Lipinski definition) is 3. The molecule has 3 aromatic rings. The van der Waals surface area contributed by atoms with Crippen LogP contribution in [0.25, 0.3) is 0 Å². The Labute approximate surface area is 157 Å². The minimum absolute atomic E-state index is 0.0441. The Kier molecular flexibility index (Phi) is 3.56. The summed E-state index contributed by atoms with van der Waals surface area (Å²) in [5, 5.41) is -0.0441. The van der Waals surface area contributed by atoms with Gasteiger partial charge in [0.2, 0.25) is 0 Å². The van der Waals surface area contributed by atoms with E-state index in [1.54, 1.807) is 11.8 Å². The van der Waals surface area contributed by atoms with Crippen LogP contribution in [-0.4, -0.2) is 11.4 Å². The molecule has 2 aliphatic heterocycles. The van der Waals surface area contributed by atoms with Crippen LogP contribution in [0.4, 0.5) is 0 Å². The maximum absolute atomic E-state index is 13.5. The first-order valence-electron chi connectivity index (χ1n) is 8.80. The van der Waals surface area contributed by atoms with E-state index in [-0.39, 0.29) is 17.1 Å². The minimum Gasteiger partial charge on any atom is -0.351 e. The second kappa shape index (κ2) is 5.83. The highest BCUT2D eigenvalue weighted by Gasteiger charge is 2.69. The first-order chi connectivity index (χ1) is 12.7. The van der Waals surface area contributed by atoms with Crippen molar-refractivity contribution in [3.8, 4) is 0 Å². The molecule has 2 heterocycles. The first-order valence-corrected chi connectivity index (χ1v) is 9.68. The van der Waals surface area contributed by atoms with Crippen molar-refractivity contribution in [1.29, 1.82) is 0 Å². The fraction of sp³-hybridized carbons (Fsp3) is 0.174. The lowest BCUT2D eigenvalue weighted by molar-refractivity contribution is 0.0861. The van der Waals surface area contributed by atoms with Gasteiger partial charge in [0.1, 0.15) is 6.10 Å². The molecule has 2 nitrogen and oxygen atoms in total. The summed E-state index contributed by atoms with van der Waals surface area (Å²) in [5.74, 6) is 0.103. The highest BCUT2D eigenvalue weighted by molar-refractivity contribution is 7.99. The van der Waals surface area contributed by atoms with Gasteiger partial charge in [0.05, 0.1) is 5.25 Å². The van der Waals surface area contributed by atoms with Crippen molar-refractivity contribution in [2.75, 3.05) is 0 Å². The molecule has 2 aliphatic rings. The average Bonchev–Trinajstić information content (AvgIpc) is 3.42. The number of thioether (sulfide) groups is 1. The van der Waals surface area contributed by atoms with Gasteiger partial charge in [-0.05, 0) is 24.1 Å². The smallest absolute Gasteiger partial charge is 0.200 e. The lowest BCUT2D eigenvalue weighted by Crippen LogP contribution is -2.35. The van der Waals surface area contributed by atoms with Gasteiger partial charge < -0.3 is 4.74 Å². The summed E-state index contributed by atoms with van der Waals surface area (Å²) in [4.78, 5) is 14.5. The molecule has 0 radical (unpaired) electrons. The number of ketones is 1. The van der Waals surface area contributed by atoms with Gasteiger partial charge in [-0.25, -0.2) is 0 Å². The lowest BCUT2D eigenvalue weighted by atomic mass is 9.84. The fourth-order valence-electron chi connectivity index (χ4n) is 3.83. The van der Waals surface area contributed by atoms with Crippen LogP contribution < -0.4 is 0 Å². The van der Waals surface area contributed by atoms with Crippen molar-refractivity contribution in [2.45, 2.75) is 28.8 Å². The van der Waals surface area contributed by atoms with E-state index in [2.05, 4.69) is 43.3 Å². The maximum Gasteiger partial charge on any atom is 0.200 e. The molecule has 26 heavy (non-hydrogen) atoms. The summed E-state index contributed by atoms with van der Waals surface area (Å²) < 4.78 is 6.24. The summed E-state index contributed by atoms with van der Waals surface area (Å²) in [6, 6.07) is 26.4. The van der Waals surface area contributed by atoms with Crippen LogP contribution in [0, 0.1) is 6.92 Å². The van der Waals surface area contributed by atoms with Gasteiger partial charge in [0.25, 0.3) is 0 Å². The third-order valence-electron chi connectivity index (χ3n) is 5.25. The SMILES string of the molecule is Cc1ccc([C@@H]2O[C@@]23C(=O)c2ccccc2S[C@@H]3c2ccccc2)cc1. The van der Waals surface area contributed by atoms with E-state index in [0.717, 1.165) is 21.6 Å². The quantitative estimate of drug-likeness (QED) is 0.564. The normalized spacial score (nSPS) is 26.6. The number of ether oxygens (including phenoxy) is 1. The van der Waals surface area contributed by atoms with Gasteiger partial charge in [0, 0.05) is 10.5 Å². The van der Waals surface area contributed by atoms with Crippen molar-refractivity contribution < 1.29 is 9.53 Å². The van der Waals surface area contributed by atoms with E-state index in [4.69, 9.17) is 4.74 Å². The van der Waals surface area contributed by atoms with Crippen LogP contribution in [-0.2, 0) is 4.74 Å². The number of rotatable bonds is 2. The van der Waals surface area contributed by atoms with Crippen LogP contribution in [0.2, 0.25) is 0 Å². The number of fused-ring (bicyclic) bond motifs is 1. The van der Waals surface area contributed by atoms with Gasteiger partial charge in [-0.3, -0.25) is 4.79 Å². The molecule has 0 bridgehead atoms. The minimum atomic E-state index is -0.810. The zero-order valence-corrected chi connectivity index (χ0v) is 15.2. The average molecular weight is 358 g/mol. The Balaban J connectivity index is 1.64. The first kappa shape index (κ1) is 15.9. The molecule has 1 fully saturated rings. The van der Waals surface area contributed by atoms with Gasteiger partial charge >= 0.3 is 0 Å². The van der Waals surface area contributed by atoms with Crippen LogP contribution in [0.15, 0.2) is 83.8 Å². The third-order valence-corrected chi connectivity index (χ3v) is 6.72. The number of Topliss-reactive ketones (excluding diaryl/α,β-unsaturated/α-hetero) is 1. The monoisotopic (exact) mass is 358 g/mol. The molecule has 128 valence electrons. The van der Waals surface area contributed by atoms with Crippen molar-refractivity contribution >= 4 is 17.5 Å². The van der Waals surface area contributed by atoms with E-state index in [1.807, 2.05) is 42.5 Å².